The third-order valence-corrected chi connectivity index (χ3v) is 7.68. The van der Waals surface area contributed by atoms with E-state index in [1.54, 1.807) is 21.3 Å². The number of carbonyl (C=O) groups excluding carboxylic acids is 1. The van der Waals surface area contributed by atoms with Crippen LogP contribution in [0.4, 0.5) is 0 Å². The van der Waals surface area contributed by atoms with Gasteiger partial charge in [0, 0.05) is 26.6 Å². The highest BCUT2D eigenvalue weighted by Crippen LogP contribution is 2.37. The molecule has 0 N–H and O–H groups in total. The number of nitrogens with zero attached hydrogens (tertiary/aromatic N) is 2. The lowest BCUT2D eigenvalue weighted by atomic mass is 9.81. The van der Waals surface area contributed by atoms with E-state index in [-0.39, 0.29) is 11.4 Å². The average molecular weight is 365 g/mol. The summed E-state index contributed by atoms with van der Waals surface area (Å²) in [6.07, 6.45) is 3.98. The van der Waals surface area contributed by atoms with Crippen LogP contribution >= 0.6 is 0 Å². The lowest BCUT2D eigenvalue weighted by Gasteiger charge is -2.50. The topological polar surface area (TPSA) is 57.7 Å². The Labute approximate surface area is 151 Å². The molecule has 0 aromatic heterocycles. The van der Waals surface area contributed by atoms with E-state index in [1.165, 1.54) is 0 Å². The van der Waals surface area contributed by atoms with Gasteiger partial charge in [-0.1, -0.05) is 26.0 Å². The molecule has 1 amide bonds. The second-order valence-corrected chi connectivity index (χ2v) is 9.63. The fraction of sp³-hybridized carbons (Fsp3) is 0.632. The van der Waals surface area contributed by atoms with E-state index in [9.17, 15) is 13.2 Å². The van der Waals surface area contributed by atoms with E-state index >= 15 is 0 Å². The first-order valence-electron chi connectivity index (χ1n) is 9.13. The van der Waals surface area contributed by atoms with Crippen molar-refractivity contribution in [3.8, 4) is 0 Å². The van der Waals surface area contributed by atoms with Crippen molar-refractivity contribution in [1.29, 1.82) is 0 Å². The predicted octanol–water partition coefficient (Wildman–Crippen LogP) is 2.98. The molecule has 2 aliphatic heterocycles. The zero-order valence-corrected chi connectivity index (χ0v) is 16.2. The first-order valence-corrected chi connectivity index (χ1v) is 10.6. The van der Waals surface area contributed by atoms with E-state index in [1.807, 2.05) is 19.2 Å². The number of likely N-dealkylation sites (N-methyl/N-ethyl adjacent to an activating group) is 1. The average Bonchev–Trinajstić information content (AvgIpc) is 2.60. The monoisotopic (exact) mass is 364 g/mol. The molecule has 25 heavy (non-hydrogen) atoms. The van der Waals surface area contributed by atoms with Crippen molar-refractivity contribution in [2.75, 3.05) is 20.1 Å². The minimum Gasteiger partial charge on any atom is -0.339 e. The number of hydrogen-bond acceptors (Lipinski definition) is 3. The molecule has 2 heterocycles. The van der Waals surface area contributed by atoms with Gasteiger partial charge in [-0.2, -0.15) is 4.31 Å². The van der Waals surface area contributed by atoms with Gasteiger partial charge in [-0.25, -0.2) is 8.42 Å². The maximum atomic E-state index is 13.1. The van der Waals surface area contributed by atoms with Crippen molar-refractivity contribution < 1.29 is 13.2 Å². The summed E-state index contributed by atoms with van der Waals surface area (Å²) in [7, 11) is -1.70. The molecule has 2 aliphatic rings. The molecule has 0 bridgehead atoms. The largest absolute Gasteiger partial charge is 0.339 e. The molecule has 138 valence electrons. The lowest BCUT2D eigenvalue weighted by molar-refractivity contribution is -0.141. The molecular formula is C19H28N2O3S. The molecule has 1 atom stereocenters. The Kier molecular flexibility index (Phi) is 4.95. The van der Waals surface area contributed by atoms with E-state index in [0.717, 1.165) is 31.2 Å². The van der Waals surface area contributed by atoms with Crippen LogP contribution < -0.4 is 0 Å². The van der Waals surface area contributed by atoms with Crippen molar-refractivity contribution >= 4 is 15.9 Å². The number of amides is 1. The smallest absolute Gasteiger partial charge is 0.243 e. The van der Waals surface area contributed by atoms with Crippen LogP contribution in [0.5, 0.6) is 0 Å². The lowest BCUT2D eigenvalue weighted by Crippen LogP contribution is -2.61. The van der Waals surface area contributed by atoms with Gasteiger partial charge in [-0.05, 0) is 49.3 Å². The molecule has 0 saturated carbocycles. The van der Waals surface area contributed by atoms with Gasteiger partial charge in [0.15, 0.2) is 0 Å². The highest BCUT2D eigenvalue weighted by atomic mass is 32.2. The van der Waals surface area contributed by atoms with Gasteiger partial charge in [0.1, 0.15) is 0 Å². The van der Waals surface area contributed by atoms with E-state index in [2.05, 4.69) is 13.8 Å². The minimum absolute atomic E-state index is 0.131. The van der Waals surface area contributed by atoms with Gasteiger partial charge in [0.25, 0.3) is 0 Å². The number of rotatable bonds is 3. The van der Waals surface area contributed by atoms with E-state index < -0.39 is 10.0 Å². The Morgan fingerprint density at radius 1 is 1.08 bits per heavy atom. The van der Waals surface area contributed by atoms with Gasteiger partial charge < -0.3 is 4.90 Å². The van der Waals surface area contributed by atoms with Crippen LogP contribution in [-0.2, 0) is 14.8 Å². The standard InChI is InChI=1S/C19H28N2O3S/c1-15(2)16-7-9-17(10-8-16)25(23,24)21-13-5-12-19(14-21)11-4-6-18(22)20(19)3/h7-10,15H,4-6,11-14H2,1-3H3/t19-/m0/s1. The SMILES string of the molecule is CC(C)c1ccc(S(=O)(=O)N2CCC[C@@]3(CCCC(=O)N3C)C2)cc1. The first-order chi connectivity index (χ1) is 11.8. The van der Waals surface area contributed by atoms with Crippen LogP contribution in [0.15, 0.2) is 29.2 Å². The third-order valence-electron chi connectivity index (χ3n) is 5.82. The molecule has 0 aliphatic carbocycles. The van der Waals surface area contributed by atoms with Gasteiger partial charge in [-0.15, -0.1) is 0 Å². The Morgan fingerprint density at radius 3 is 2.36 bits per heavy atom. The van der Waals surface area contributed by atoms with E-state index in [0.29, 0.717) is 30.3 Å². The fourth-order valence-corrected chi connectivity index (χ4v) is 5.65. The molecule has 1 aromatic carbocycles. The van der Waals surface area contributed by atoms with Crippen LogP contribution in [0.3, 0.4) is 0 Å². The van der Waals surface area contributed by atoms with Crippen molar-refractivity contribution in [2.24, 2.45) is 0 Å². The van der Waals surface area contributed by atoms with Crippen LogP contribution in [0.1, 0.15) is 57.4 Å². The molecule has 2 fully saturated rings. The molecule has 1 aromatic rings. The predicted molar refractivity (Wildman–Crippen MR) is 97.9 cm³/mol. The highest BCUT2D eigenvalue weighted by Gasteiger charge is 2.45. The summed E-state index contributed by atoms with van der Waals surface area (Å²) >= 11 is 0. The zero-order chi connectivity index (χ0) is 18.2. The number of likely N-dealkylation sites (tertiary alicyclic amines) is 1. The number of piperidine rings is 2. The Balaban J connectivity index is 1.86. The molecule has 0 radical (unpaired) electrons. The number of benzene rings is 1. The van der Waals surface area contributed by atoms with Gasteiger partial charge in [-0.3, -0.25) is 4.79 Å². The summed E-state index contributed by atoms with van der Waals surface area (Å²) in [5.41, 5.74) is 0.796. The summed E-state index contributed by atoms with van der Waals surface area (Å²) in [4.78, 5) is 14.3. The summed E-state index contributed by atoms with van der Waals surface area (Å²) in [6.45, 7) is 5.11. The normalized spacial score (nSPS) is 25.8. The second kappa shape index (κ2) is 6.72. The van der Waals surface area contributed by atoms with E-state index in [4.69, 9.17) is 0 Å². The van der Waals surface area contributed by atoms with Crippen molar-refractivity contribution in [3.63, 3.8) is 0 Å². The summed E-state index contributed by atoms with van der Waals surface area (Å²) < 4.78 is 27.8. The van der Waals surface area contributed by atoms with Gasteiger partial charge >= 0.3 is 0 Å². The molecule has 1 spiro atoms. The number of carbonyl (C=O) groups is 1. The van der Waals surface area contributed by atoms with Crippen LogP contribution in [-0.4, -0.2) is 49.2 Å². The second-order valence-electron chi connectivity index (χ2n) is 7.70. The zero-order valence-electron chi connectivity index (χ0n) is 15.4. The van der Waals surface area contributed by atoms with Gasteiger partial charge in [0.05, 0.1) is 10.4 Å². The number of hydrogen-bond donors (Lipinski definition) is 0. The summed E-state index contributed by atoms with van der Waals surface area (Å²) in [5, 5.41) is 0. The van der Waals surface area contributed by atoms with Crippen molar-refractivity contribution in [2.45, 2.75) is 62.3 Å². The molecule has 5 nitrogen and oxygen atoms in total. The van der Waals surface area contributed by atoms with Crippen LogP contribution in [0, 0.1) is 0 Å². The number of sulfonamides is 1. The maximum absolute atomic E-state index is 13.1. The fourth-order valence-electron chi connectivity index (χ4n) is 4.10. The quantitative estimate of drug-likeness (QED) is 0.828. The molecule has 2 saturated heterocycles. The summed E-state index contributed by atoms with van der Waals surface area (Å²) in [5.74, 6) is 0.503. The Morgan fingerprint density at radius 2 is 1.72 bits per heavy atom. The molecule has 3 rings (SSSR count). The van der Waals surface area contributed by atoms with Crippen molar-refractivity contribution in [1.82, 2.24) is 9.21 Å². The molecular weight excluding hydrogens is 336 g/mol. The molecule has 6 heteroatoms. The third kappa shape index (κ3) is 3.34. The molecule has 0 unspecified atom stereocenters. The van der Waals surface area contributed by atoms with Crippen LogP contribution in [0.25, 0.3) is 0 Å². The van der Waals surface area contributed by atoms with Crippen molar-refractivity contribution in [3.05, 3.63) is 29.8 Å². The first kappa shape index (κ1) is 18.4. The van der Waals surface area contributed by atoms with Crippen LogP contribution in [0.2, 0.25) is 0 Å². The highest BCUT2D eigenvalue weighted by molar-refractivity contribution is 7.89. The summed E-state index contributed by atoms with van der Waals surface area (Å²) in [6, 6.07) is 7.21. The Hall–Kier alpha value is -1.40. The Bertz CT molecular complexity index is 738. The van der Waals surface area contributed by atoms with Gasteiger partial charge in [0.2, 0.25) is 15.9 Å². The maximum Gasteiger partial charge on any atom is 0.243 e. The minimum atomic E-state index is -3.53.